The molecule has 2 heterocycles. The number of ether oxygens (including phenoxy) is 1. The van der Waals surface area contributed by atoms with Crippen molar-refractivity contribution in [1.82, 2.24) is 19.7 Å². The molecule has 1 N–H and O–H groups in total. The molecule has 0 bridgehead atoms. The number of rotatable bonds is 4. The van der Waals surface area contributed by atoms with Crippen molar-refractivity contribution in [2.45, 2.75) is 6.92 Å². The van der Waals surface area contributed by atoms with Gasteiger partial charge in [-0.25, -0.2) is 14.5 Å². The van der Waals surface area contributed by atoms with E-state index < -0.39 is 5.97 Å². The summed E-state index contributed by atoms with van der Waals surface area (Å²) in [5, 5.41) is 6.93. The van der Waals surface area contributed by atoms with E-state index in [0.717, 1.165) is 0 Å². The van der Waals surface area contributed by atoms with Crippen LogP contribution in [0.4, 0.5) is 5.82 Å². The second kappa shape index (κ2) is 5.26. The first kappa shape index (κ1) is 12.0. The largest absolute Gasteiger partial charge is 0.462 e. The zero-order valence-electron chi connectivity index (χ0n) is 10.1. The number of nitrogens with one attached hydrogen (secondary N) is 1. The molecule has 0 aliphatic carbocycles. The number of hydrogen-bond donors (Lipinski definition) is 1. The first-order valence-electron chi connectivity index (χ1n) is 5.46. The standard InChI is InChI=1S/C11H13N5O2/c1-3-18-11(17)8-4-14-16(7-8)10-6-13-5-9(12-2)15-10/h4-7H,3H2,1-2H3,(H,12,15). The van der Waals surface area contributed by atoms with Crippen LogP contribution in [-0.4, -0.2) is 39.4 Å². The molecular weight excluding hydrogens is 234 g/mol. The van der Waals surface area contributed by atoms with Crippen molar-refractivity contribution in [3.8, 4) is 5.82 Å². The maximum atomic E-state index is 11.5. The van der Waals surface area contributed by atoms with Crippen molar-refractivity contribution in [1.29, 1.82) is 0 Å². The zero-order chi connectivity index (χ0) is 13.0. The predicted octanol–water partition coefficient (Wildman–Crippen LogP) is 0.881. The van der Waals surface area contributed by atoms with Crippen LogP contribution in [0.15, 0.2) is 24.8 Å². The lowest BCUT2D eigenvalue weighted by Gasteiger charge is -2.02. The zero-order valence-corrected chi connectivity index (χ0v) is 10.1. The summed E-state index contributed by atoms with van der Waals surface area (Å²) in [6.45, 7) is 2.09. The summed E-state index contributed by atoms with van der Waals surface area (Å²) in [5.74, 6) is 0.750. The Morgan fingerprint density at radius 2 is 2.28 bits per heavy atom. The highest BCUT2D eigenvalue weighted by Gasteiger charge is 2.10. The smallest absolute Gasteiger partial charge is 0.341 e. The molecule has 94 valence electrons. The van der Waals surface area contributed by atoms with E-state index in [-0.39, 0.29) is 0 Å². The SMILES string of the molecule is CCOC(=O)c1cnn(-c2cncc(NC)n2)c1. The van der Waals surface area contributed by atoms with E-state index >= 15 is 0 Å². The third-order valence-corrected chi connectivity index (χ3v) is 2.21. The molecular formula is C11H13N5O2. The van der Waals surface area contributed by atoms with Crippen LogP contribution in [0, 0.1) is 0 Å². The Bertz CT molecular complexity index is 552. The minimum atomic E-state index is -0.401. The summed E-state index contributed by atoms with van der Waals surface area (Å²) in [6.07, 6.45) is 6.15. The summed E-state index contributed by atoms with van der Waals surface area (Å²) in [7, 11) is 1.75. The van der Waals surface area contributed by atoms with Crippen molar-refractivity contribution in [2.75, 3.05) is 19.0 Å². The van der Waals surface area contributed by atoms with Gasteiger partial charge in [0.15, 0.2) is 5.82 Å². The lowest BCUT2D eigenvalue weighted by molar-refractivity contribution is 0.0526. The van der Waals surface area contributed by atoms with E-state index in [9.17, 15) is 4.79 Å². The van der Waals surface area contributed by atoms with Crippen molar-refractivity contribution in [3.05, 3.63) is 30.4 Å². The molecule has 0 amide bonds. The van der Waals surface area contributed by atoms with Crippen LogP contribution in [0.25, 0.3) is 5.82 Å². The molecule has 0 aliphatic rings. The Morgan fingerprint density at radius 3 is 3.00 bits per heavy atom. The Morgan fingerprint density at radius 1 is 1.44 bits per heavy atom. The van der Waals surface area contributed by atoms with Gasteiger partial charge in [0.2, 0.25) is 0 Å². The number of hydrogen-bond acceptors (Lipinski definition) is 6. The Labute approximate surface area is 104 Å². The molecule has 0 saturated heterocycles. The van der Waals surface area contributed by atoms with Crippen molar-refractivity contribution in [2.24, 2.45) is 0 Å². The second-order valence-corrected chi connectivity index (χ2v) is 3.41. The number of anilines is 1. The molecule has 0 spiro atoms. The van der Waals surface area contributed by atoms with Gasteiger partial charge in [-0.1, -0.05) is 0 Å². The minimum absolute atomic E-state index is 0.332. The maximum absolute atomic E-state index is 11.5. The first-order chi connectivity index (χ1) is 8.74. The lowest BCUT2D eigenvalue weighted by atomic mass is 10.4. The summed E-state index contributed by atoms with van der Waals surface area (Å²) in [4.78, 5) is 19.8. The maximum Gasteiger partial charge on any atom is 0.341 e. The van der Waals surface area contributed by atoms with Gasteiger partial charge in [-0.2, -0.15) is 5.10 Å². The van der Waals surface area contributed by atoms with E-state index in [1.165, 1.54) is 10.9 Å². The summed E-state index contributed by atoms with van der Waals surface area (Å²) >= 11 is 0. The summed E-state index contributed by atoms with van der Waals surface area (Å²) in [5.41, 5.74) is 0.383. The van der Waals surface area contributed by atoms with Crippen LogP contribution >= 0.6 is 0 Å². The molecule has 7 heteroatoms. The van der Waals surface area contributed by atoms with Crippen molar-refractivity contribution < 1.29 is 9.53 Å². The molecule has 0 aliphatic heterocycles. The molecule has 0 saturated carbocycles. The van der Waals surface area contributed by atoms with Crippen LogP contribution in [-0.2, 0) is 4.74 Å². The highest BCUT2D eigenvalue weighted by atomic mass is 16.5. The van der Waals surface area contributed by atoms with E-state index in [2.05, 4.69) is 20.4 Å². The molecule has 0 unspecified atom stereocenters. The molecule has 0 aromatic carbocycles. The molecule has 18 heavy (non-hydrogen) atoms. The van der Waals surface area contributed by atoms with Crippen LogP contribution < -0.4 is 5.32 Å². The van der Waals surface area contributed by atoms with Gasteiger partial charge in [0.05, 0.1) is 30.8 Å². The van der Waals surface area contributed by atoms with Gasteiger partial charge in [0.25, 0.3) is 0 Å². The topological polar surface area (TPSA) is 81.9 Å². The normalized spacial score (nSPS) is 10.1. The predicted molar refractivity (Wildman–Crippen MR) is 64.7 cm³/mol. The van der Waals surface area contributed by atoms with E-state index in [0.29, 0.717) is 23.8 Å². The van der Waals surface area contributed by atoms with Gasteiger partial charge < -0.3 is 10.1 Å². The molecule has 0 fully saturated rings. The third-order valence-electron chi connectivity index (χ3n) is 2.21. The van der Waals surface area contributed by atoms with Gasteiger partial charge in [0.1, 0.15) is 5.82 Å². The summed E-state index contributed by atoms with van der Waals surface area (Å²) < 4.78 is 6.35. The molecule has 0 radical (unpaired) electrons. The third kappa shape index (κ3) is 2.45. The fourth-order valence-corrected chi connectivity index (χ4v) is 1.35. The molecule has 2 aromatic rings. The fourth-order valence-electron chi connectivity index (χ4n) is 1.35. The highest BCUT2D eigenvalue weighted by Crippen LogP contribution is 2.08. The van der Waals surface area contributed by atoms with Gasteiger partial charge in [0, 0.05) is 13.2 Å². The molecule has 0 atom stereocenters. The van der Waals surface area contributed by atoms with Gasteiger partial charge >= 0.3 is 5.97 Å². The van der Waals surface area contributed by atoms with Gasteiger partial charge in [-0.3, -0.25) is 4.98 Å². The Kier molecular flexibility index (Phi) is 3.52. The fraction of sp³-hybridized carbons (Fsp3) is 0.273. The van der Waals surface area contributed by atoms with Crippen LogP contribution in [0.1, 0.15) is 17.3 Å². The number of aromatic nitrogens is 4. The average Bonchev–Trinajstić information content (AvgIpc) is 2.89. The lowest BCUT2D eigenvalue weighted by Crippen LogP contribution is -2.04. The Balaban J connectivity index is 2.26. The van der Waals surface area contributed by atoms with Crippen LogP contribution in [0.2, 0.25) is 0 Å². The van der Waals surface area contributed by atoms with E-state index in [1.54, 1.807) is 32.6 Å². The average molecular weight is 247 g/mol. The van der Waals surface area contributed by atoms with Crippen LogP contribution in [0.3, 0.4) is 0 Å². The monoisotopic (exact) mass is 247 g/mol. The molecule has 7 nitrogen and oxygen atoms in total. The van der Waals surface area contributed by atoms with Gasteiger partial charge in [-0.05, 0) is 6.92 Å². The number of carbonyl (C=O) groups excluding carboxylic acids is 1. The first-order valence-corrected chi connectivity index (χ1v) is 5.46. The number of carbonyl (C=O) groups is 1. The summed E-state index contributed by atoms with van der Waals surface area (Å²) in [6, 6.07) is 0. The van der Waals surface area contributed by atoms with E-state index in [4.69, 9.17) is 4.74 Å². The highest BCUT2D eigenvalue weighted by molar-refractivity contribution is 5.88. The van der Waals surface area contributed by atoms with Gasteiger partial charge in [-0.15, -0.1) is 0 Å². The number of esters is 1. The number of nitrogens with zero attached hydrogens (tertiary/aromatic N) is 4. The minimum Gasteiger partial charge on any atom is -0.462 e. The van der Waals surface area contributed by atoms with Crippen molar-refractivity contribution >= 4 is 11.8 Å². The second-order valence-electron chi connectivity index (χ2n) is 3.41. The Hall–Kier alpha value is -2.44. The quantitative estimate of drug-likeness (QED) is 0.808. The van der Waals surface area contributed by atoms with Crippen LogP contribution in [0.5, 0.6) is 0 Å². The molecule has 2 aromatic heterocycles. The van der Waals surface area contributed by atoms with E-state index in [1.807, 2.05) is 0 Å². The molecule has 2 rings (SSSR count). The van der Waals surface area contributed by atoms with Crippen molar-refractivity contribution in [3.63, 3.8) is 0 Å².